The minimum absolute atomic E-state index is 0.299. The van der Waals surface area contributed by atoms with Gasteiger partial charge in [0.05, 0.1) is 5.69 Å². The number of aromatic nitrogens is 2. The molecule has 94 valence electrons. The molecule has 0 saturated carbocycles. The summed E-state index contributed by atoms with van der Waals surface area (Å²) in [6, 6.07) is 13.6. The number of fused-ring (bicyclic) bond motifs is 1. The summed E-state index contributed by atoms with van der Waals surface area (Å²) in [6.07, 6.45) is 0. The third kappa shape index (κ3) is 2.25. The summed E-state index contributed by atoms with van der Waals surface area (Å²) in [5.74, 6) is 0.657. The second kappa shape index (κ2) is 4.65. The first-order chi connectivity index (χ1) is 9.24. The lowest BCUT2D eigenvalue weighted by Gasteiger charge is -2.08. The van der Waals surface area contributed by atoms with Crippen molar-refractivity contribution >= 4 is 10.8 Å². The van der Waals surface area contributed by atoms with Crippen LogP contribution in [0.1, 0.15) is 5.69 Å². The molecule has 0 atom stereocenters. The van der Waals surface area contributed by atoms with Crippen LogP contribution in [0.2, 0.25) is 0 Å². The Labute approximate surface area is 109 Å². The average Bonchev–Trinajstić information content (AvgIpc) is 2.45. The highest BCUT2D eigenvalue weighted by Crippen LogP contribution is 2.28. The van der Waals surface area contributed by atoms with Crippen molar-refractivity contribution in [2.24, 2.45) is 0 Å². The number of rotatable bonds is 2. The molecule has 0 aliphatic carbocycles. The highest BCUT2D eigenvalue weighted by atomic mass is 19.1. The van der Waals surface area contributed by atoms with E-state index < -0.39 is 0 Å². The van der Waals surface area contributed by atoms with E-state index in [0.29, 0.717) is 11.6 Å². The smallest absolute Gasteiger partial charge is 0.246 e. The van der Waals surface area contributed by atoms with Gasteiger partial charge in [-0.15, -0.1) is 5.10 Å². The molecule has 0 saturated heterocycles. The fourth-order valence-electron chi connectivity index (χ4n) is 1.90. The zero-order chi connectivity index (χ0) is 13.2. The van der Waals surface area contributed by atoms with Crippen molar-refractivity contribution in [1.29, 1.82) is 0 Å². The standard InChI is InChI=1S/C15H11FN2O/c1-10-13-4-2-3-5-14(13)15(18-17-10)19-12-8-6-11(16)7-9-12/h2-9H,1H3. The molecule has 0 aliphatic heterocycles. The van der Waals surface area contributed by atoms with Crippen LogP contribution in [0.3, 0.4) is 0 Å². The first kappa shape index (κ1) is 11.6. The van der Waals surface area contributed by atoms with Gasteiger partial charge in [0.25, 0.3) is 0 Å². The zero-order valence-electron chi connectivity index (χ0n) is 10.3. The van der Waals surface area contributed by atoms with E-state index in [9.17, 15) is 4.39 Å². The van der Waals surface area contributed by atoms with Crippen molar-refractivity contribution in [3.05, 3.63) is 60.0 Å². The van der Waals surface area contributed by atoms with Crippen LogP contribution in [0.15, 0.2) is 48.5 Å². The van der Waals surface area contributed by atoms with Crippen LogP contribution in [-0.4, -0.2) is 10.2 Å². The molecule has 0 aliphatic rings. The van der Waals surface area contributed by atoms with Gasteiger partial charge >= 0.3 is 0 Å². The first-order valence-electron chi connectivity index (χ1n) is 5.89. The van der Waals surface area contributed by atoms with Crippen molar-refractivity contribution < 1.29 is 9.13 Å². The molecule has 0 spiro atoms. The lowest BCUT2D eigenvalue weighted by Crippen LogP contribution is -1.95. The molecule has 0 N–H and O–H groups in total. The number of hydrogen-bond acceptors (Lipinski definition) is 3. The predicted octanol–water partition coefficient (Wildman–Crippen LogP) is 3.87. The number of ether oxygens (including phenoxy) is 1. The fourth-order valence-corrected chi connectivity index (χ4v) is 1.90. The van der Waals surface area contributed by atoms with Gasteiger partial charge in [-0.3, -0.25) is 0 Å². The number of halogens is 1. The van der Waals surface area contributed by atoms with E-state index in [1.54, 1.807) is 12.1 Å². The largest absolute Gasteiger partial charge is 0.437 e. The summed E-state index contributed by atoms with van der Waals surface area (Å²) in [4.78, 5) is 0. The molecule has 0 radical (unpaired) electrons. The van der Waals surface area contributed by atoms with Gasteiger partial charge in [-0.1, -0.05) is 18.2 Å². The van der Waals surface area contributed by atoms with E-state index in [2.05, 4.69) is 10.2 Å². The number of hydrogen-bond donors (Lipinski definition) is 0. The summed E-state index contributed by atoms with van der Waals surface area (Å²) in [7, 11) is 0. The van der Waals surface area contributed by atoms with Crippen molar-refractivity contribution in [3.63, 3.8) is 0 Å². The maximum absolute atomic E-state index is 12.8. The molecule has 0 unspecified atom stereocenters. The summed E-state index contributed by atoms with van der Waals surface area (Å²) in [5, 5.41) is 10.0. The van der Waals surface area contributed by atoms with Crippen LogP contribution in [0.25, 0.3) is 10.8 Å². The Kier molecular flexibility index (Phi) is 2.83. The van der Waals surface area contributed by atoms with Crippen LogP contribution in [0, 0.1) is 12.7 Å². The maximum Gasteiger partial charge on any atom is 0.246 e. The van der Waals surface area contributed by atoms with Gasteiger partial charge in [0, 0.05) is 10.8 Å². The minimum atomic E-state index is -0.299. The van der Waals surface area contributed by atoms with Crippen LogP contribution >= 0.6 is 0 Å². The van der Waals surface area contributed by atoms with Gasteiger partial charge < -0.3 is 4.74 Å². The van der Waals surface area contributed by atoms with Gasteiger partial charge in [-0.05, 0) is 37.3 Å². The van der Waals surface area contributed by atoms with Gasteiger partial charge in [0.1, 0.15) is 11.6 Å². The van der Waals surface area contributed by atoms with Crippen molar-refractivity contribution in [2.75, 3.05) is 0 Å². The molecular formula is C15H11FN2O. The van der Waals surface area contributed by atoms with E-state index in [1.807, 2.05) is 31.2 Å². The zero-order valence-corrected chi connectivity index (χ0v) is 10.3. The molecule has 0 amide bonds. The molecule has 1 heterocycles. The van der Waals surface area contributed by atoms with Crippen LogP contribution < -0.4 is 4.74 Å². The second-order valence-electron chi connectivity index (χ2n) is 4.19. The first-order valence-corrected chi connectivity index (χ1v) is 5.89. The third-order valence-electron chi connectivity index (χ3n) is 2.87. The molecule has 19 heavy (non-hydrogen) atoms. The summed E-state index contributed by atoms with van der Waals surface area (Å²) < 4.78 is 18.5. The topological polar surface area (TPSA) is 35.0 Å². The average molecular weight is 254 g/mol. The summed E-state index contributed by atoms with van der Waals surface area (Å²) >= 11 is 0. The highest BCUT2D eigenvalue weighted by Gasteiger charge is 2.08. The second-order valence-corrected chi connectivity index (χ2v) is 4.19. The third-order valence-corrected chi connectivity index (χ3v) is 2.87. The van der Waals surface area contributed by atoms with E-state index in [0.717, 1.165) is 16.5 Å². The van der Waals surface area contributed by atoms with Crippen molar-refractivity contribution in [2.45, 2.75) is 6.92 Å². The Balaban J connectivity index is 2.06. The van der Waals surface area contributed by atoms with E-state index >= 15 is 0 Å². The Morgan fingerprint density at radius 3 is 2.32 bits per heavy atom. The molecule has 3 aromatic rings. The summed E-state index contributed by atoms with van der Waals surface area (Å²) in [5.41, 5.74) is 0.849. The van der Waals surface area contributed by atoms with Gasteiger partial charge in [-0.2, -0.15) is 5.10 Å². The lowest BCUT2D eigenvalue weighted by atomic mass is 10.1. The summed E-state index contributed by atoms with van der Waals surface area (Å²) in [6.45, 7) is 1.90. The Morgan fingerprint density at radius 1 is 0.895 bits per heavy atom. The van der Waals surface area contributed by atoms with Crippen molar-refractivity contribution in [1.82, 2.24) is 10.2 Å². The minimum Gasteiger partial charge on any atom is -0.437 e. The SMILES string of the molecule is Cc1nnc(Oc2ccc(F)cc2)c2ccccc12. The number of aryl methyl sites for hydroxylation is 1. The van der Waals surface area contributed by atoms with Crippen LogP contribution in [0.4, 0.5) is 4.39 Å². The molecule has 3 nitrogen and oxygen atoms in total. The lowest BCUT2D eigenvalue weighted by molar-refractivity contribution is 0.459. The van der Waals surface area contributed by atoms with Crippen molar-refractivity contribution in [3.8, 4) is 11.6 Å². The molecule has 3 rings (SSSR count). The molecule has 4 heteroatoms. The molecule has 0 bridgehead atoms. The normalized spacial score (nSPS) is 10.6. The number of nitrogens with zero attached hydrogens (tertiary/aromatic N) is 2. The predicted molar refractivity (Wildman–Crippen MR) is 70.7 cm³/mol. The van der Waals surface area contributed by atoms with Crippen LogP contribution in [0.5, 0.6) is 11.6 Å². The maximum atomic E-state index is 12.8. The highest BCUT2D eigenvalue weighted by molar-refractivity contribution is 5.88. The van der Waals surface area contributed by atoms with Crippen LogP contribution in [-0.2, 0) is 0 Å². The van der Waals surface area contributed by atoms with E-state index in [4.69, 9.17) is 4.74 Å². The molecule has 2 aromatic carbocycles. The molecule has 0 fully saturated rings. The molecule has 1 aromatic heterocycles. The Bertz CT molecular complexity index is 726. The fraction of sp³-hybridized carbons (Fsp3) is 0.0667. The number of benzene rings is 2. The Hall–Kier alpha value is -2.49. The van der Waals surface area contributed by atoms with Gasteiger partial charge in [-0.25, -0.2) is 4.39 Å². The Morgan fingerprint density at radius 2 is 1.58 bits per heavy atom. The van der Waals surface area contributed by atoms with E-state index in [1.165, 1.54) is 12.1 Å². The van der Waals surface area contributed by atoms with Gasteiger partial charge in [0.2, 0.25) is 5.88 Å². The van der Waals surface area contributed by atoms with E-state index in [-0.39, 0.29) is 5.82 Å². The quantitative estimate of drug-likeness (QED) is 0.696. The molecular weight excluding hydrogens is 243 g/mol. The monoisotopic (exact) mass is 254 g/mol. The van der Waals surface area contributed by atoms with Gasteiger partial charge in [0.15, 0.2) is 0 Å².